The van der Waals surface area contributed by atoms with Gasteiger partial charge in [0.15, 0.2) is 0 Å². The molecule has 0 amide bonds. The fourth-order valence-electron chi connectivity index (χ4n) is 3.10. The highest BCUT2D eigenvalue weighted by Gasteiger charge is 2.40. The van der Waals surface area contributed by atoms with Crippen LogP contribution in [0.1, 0.15) is 32.3 Å². The number of nitrogens with two attached hydrogens (primary N) is 1. The lowest BCUT2D eigenvalue weighted by atomic mass is 9.65. The molecule has 1 aliphatic rings. The van der Waals surface area contributed by atoms with Crippen LogP contribution in [0.5, 0.6) is 0 Å². The number of piperidine rings is 1. The second kappa shape index (κ2) is 5.19. The molecule has 0 radical (unpaired) electrons. The Hall–Kier alpha value is -0.860. The lowest BCUT2D eigenvalue weighted by Crippen LogP contribution is -2.53. The monoisotopic (exact) mass is 232 g/mol. The molecular weight excluding hydrogens is 208 g/mol. The van der Waals surface area contributed by atoms with Crippen molar-refractivity contribution in [1.29, 1.82) is 0 Å². The molecule has 1 saturated heterocycles. The molecule has 1 aromatic carbocycles. The van der Waals surface area contributed by atoms with Crippen LogP contribution >= 0.6 is 0 Å². The van der Waals surface area contributed by atoms with Gasteiger partial charge in [0.25, 0.3) is 0 Å². The highest BCUT2D eigenvalue weighted by Crippen LogP contribution is 2.39. The Bertz CT molecular complexity index is 349. The highest BCUT2D eigenvalue weighted by molar-refractivity contribution is 5.27. The van der Waals surface area contributed by atoms with E-state index in [1.807, 2.05) is 0 Å². The maximum absolute atomic E-state index is 6.32. The van der Waals surface area contributed by atoms with Crippen molar-refractivity contribution in [2.24, 2.45) is 11.7 Å². The van der Waals surface area contributed by atoms with Gasteiger partial charge in [-0.05, 0) is 36.3 Å². The third-order valence-corrected chi connectivity index (χ3v) is 4.43. The zero-order chi connectivity index (χ0) is 12.3. The number of benzene rings is 1. The molecule has 94 valence electrons. The fourth-order valence-corrected chi connectivity index (χ4v) is 3.10. The Kier molecular flexibility index (Phi) is 3.85. The summed E-state index contributed by atoms with van der Waals surface area (Å²) in [4.78, 5) is 0. The maximum atomic E-state index is 6.32. The Balaban J connectivity index is 2.31. The van der Waals surface area contributed by atoms with Gasteiger partial charge in [-0.15, -0.1) is 0 Å². The molecule has 3 N–H and O–H groups in total. The van der Waals surface area contributed by atoms with E-state index < -0.39 is 0 Å². The first-order valence-corrected chi connectivity index (χ1v) is 6.70. The van der Waals surface area contributed by atoms with Crippen LogP contribution in [0, 0.1) is 5.92 Å². The smallest absolute Gasteiger partial charge is 0.00851 e. The molecule has 17 heavy (non-hydrogen) atoms. The van der Waals surface area contributed by atoms with Gasteiger partial charge in [-0.25, -0.2) is 0 Å². The van der Waals surface area contributed by atoms with Gasteiger partial charge in [-0.2, -0.15) is 0 Å². The van der Waals surface area contributed by atoms with E-state index >= 15 is 0 Å². The zero-order valence-corrected chi connectivity index (χ0v) is 10.9. The van der Waals surface area contributed by atoms with Crippen LogP contribution in [0.4, 0.5) is 0 Å². The minimum absolute atomic E-state index is 0.224. The fraction of sp³-hybridized carbons (Fsp3) is 0.600. The summed E-state index contributed by atoms with van der Waals surface area (Å²) in [7, 11) is 0. The van der Waals surface area contributed by atoms with E-state index in [1.54, 1.807) is 0 Å². The van der Waals surface area contributed by atoms with Gasteiger partial charge < -0.3 is 11.1 Å². The van der Waals surface area contributed by atoms with Crippen LogP contribution in [-0.2, 0) is 5.41 Å². The first-order valence-electron chi connectivity index (χ1n) is 6.70. The molecule has 0 spiro atoms. The van der Waals surface area contributed by atoms with Gasteiger partial charge in [0.2, 0.25) is 0 Å². The lowest BCUT2D eigenvalue weighted by Gasteiger charge is -2.45. The molecule has 1 heterocycles. The van der Waals surface area contributed by atoms with Crippen molar-refractivity contribution in [3.8, 4) is 0 Å². The zero-order valence-electron chi connectivity index (χ0n) is 10.9. The third kappa shape index (κ3) is 2.38. The van der Waals surface area contributed by atoms with E-state index in [4.69, 9.17) is 5.73 Å². The lowest BCUT2D eigenvalue weighted by molar-refractivity contribution is 0.184. The van der Waals surface area contributed by atoms with E-state index in [9.17, 15) is 0 Å². The van der Waals surface area contributed by atoms with Gasteiger partial charge in [0.1, 0.15) is 0 Å². The largest absolute Gasteiger partial charge is 0.327 e. The van der Waals surface area contributed by atoms with Gasteiger partial charge in [-0.1, -0.05) is 44.2 Å². The normalized spacial score (nSPS) is 31.1. The number of hydrogen-bond acceptors (Lipinski definition) is 2. The van der Waals surface area contributed by atoms with Crippen LogP contribution in [-0.4, -0.2) is 19.1 Å². The van der Waals surface area contributed by atoms with Gasteiger partial charge in [-0.3, -0.25) is 0 Å². The summed E-state index contributed by atoms with van der Waals surface area (Å²) in [5, 5.41) is 3.50. The Morgan fingerprint density at radius 1 is 1.41 bits per heavy atom. The predicted octanol–water partition coefficient (Wildman–Crippen LogP) is 2.29. The molecule has 0 bridgehead atoms. The van der Waals surface area contributed by atoms with Crippen LogP contribution in [0.15, 0.2) is 30.3 Å². The van der Waals surface area contributed by atoms with Gasteiger partial charge in [0.05, 0.1) is 0 Å². The molecule has 0 aliphatic carbocycles. The quantitative estimate of drug-likeness (QED) is 0.839. The topological polar surface area (TPSA) is 38.0 Å². The third-order valence-electron chi connectivity index (χ3n) is 4.43. The van der Waals surface area contributed by atoms with E-state index in [0.29, 0.717) is 5.92 Å². The Morgan fingerprint density at radius 3 is 2.76 bits per heavy atom. The Labute approximate surface area is 105 Å². The van der Waals surface area contributed by atoms with Gasteiger partial charge >= 0.3 is 0 Å². The second-order valence-corrected chi connectivity index (χ2v) is 5.42. The molecule has 1 fully saturated rings. The first-order chi connectivity index (χ1) is 8.18. The summed E-state index contributed by atoms with van der Waals surface area (Å²) < 4.78 is 0. The van der Waals surface area contributed by atoms with Crippen molar-refractivity contribution in [2.75, 3.05) is 13.1 Å². The number of rotatable bonds is 3. The SMILES string of the molecule is CCC(N)C1CNCCC1(C)c1ccccc1. The minimum atomic E-state index is 0.224. The van der Waals surface area contributed by atoms with Crippen LogP contribution in [0.2, 0.25) is 0 Å². The van der Waals surface area contributed by atoms with E-state index in [1.165, 1.54) is 12.0 Å². The highest BCUT2D eigenvalue weighted by atomic mass is 14.9. The second-order valence-electron chi connectivity index (χ2n) is 5.42. The standard InChI is InChI=1S/C15H24N2/c1-3-14(16)13-11-17-10-9-15(13,2)12-7-5-4-6-8-12/h4-8,13-14,17H,3,9-11,16H2,1-2H3. The summed E-state index contributed by atoms with van der Waals surface area (Å²) in [6.45, 7) is 6.70. The number of nitrogens with one attached hydrogen (secondary N) is 1. The molecule has 2 rings (SSSR count). The van der Waals surface area contributed by atoms with E-state index in [-0.39, 0.29) is 11.5 Å². The van der Waals surface area contributed by atoms with Crippen molar-refractivity contribution in [2.45, 2.75) is 38.1 Å². The molecule has 0 aromatic heterocycles. The molecule has 3 atom stereocenters. The summed E-state index contributed by atoms with van der Waals surface area (Å²) in [5.74, 6) is 0.531. The van der Waals surface area contributed by atoms with Crippen molar-refractivity contribution in [1.82, 2.24) is 5.32 Å². The van der Waals surface area contributed by atoms with Crippen molar-refractivity contribution < 1.29 is 0 Å². The molecule has 2 nitrogen and oxygen atoms in total. The van der Waals surface area contributed by atoms with Gasteiger partial charge in [0, 0.05) is 12.6 Å². The van der Waals surface area contributed by atoms with Crippen molar-refractivity contribution in [3.05, 3.63) is 35.9 Å². The number of hydrogen-bond donors (Lipinski definition) is 2. The molecule has 0 saturated carbocycles. The first kappa shape index (κ1) is 12.6. The predicted molar refractivity (Wildman–Crippen MR) is 73.0 cm³/mol. The van der Waals surface area contributed by atoms with Crippen LogP contribution in [0.25, 0.3) is 0 Å². The molecule has 3 unspecified atom stereocenters. The maximum Gasteiger partial charge on any atom is 0.00851 e. The molecule has 1 aliphatic heterocycles. The minimum Gasteiger partial charge on any atom is -0.327 e. The van der Waals surface area contributed by atoms with E-state index in [2.05, 4.69) is 49.5 Å². The molecule has 2 heteroatoms. The average molecular weight is 232 g/mol. The molecular formula is C15H24N2. The van der Waals surface area contributed by atoms with Crippen molar-refractivity contribution >= 4 is 0 Å². The Morgan fingerprint density at radius 2 is 2.12 bits per heavy atom. The van der Waals surface area contributed by atoms with Crippen molar-refractivity contribution in [3.63, 3.8) is 0 Å². The molecule has 1 aromatic rings. The summed E-state index contributed by atoms with van der Waals surface area (Å²) in [5.41, 5.74) is 7.98. The van der Waals surface area contributed by atoms with Crippen LogP contribution < -0.4 is 11.1 Å². The summed E-state index contributed by atoms with van der Waals surface area (Å²) >= 11 is 0. The average Bonchev–Trinajstić information content (AvgIpc) is 2.39. The summed E-state index contributed by atoms with van der Waals surface area (Å²) in [6.07, 6.45) is 2.23. The van der Waals surface area contributed by atoms with E-state index in [0.717, 1.165) is 19.5 Å². The van der Waals surface area contributed by atoms with Crippen LogP contribution in [0.3, 0.4) is 0 Å². The summed E-state index contributed by atoms with van der Waals surface area (Å²) in [6, 6.07) is 11.1.